The van der Waals surface area contributed by atoms with E-state index in [9.17, 15) is 18.0 Å². The summed E-state index contributed by atoms with van der Waals surface area (Å²) >= 11 is 0. The summed E-state index contributed by atoms with van der Waals surface area (Å²) in [6.45, 7) is 3.87. The number of nitrogens with one attached hydrogen (secondary N) is 1. The molecule has 0 aliphatic rings. The molecule has 168 valence electrons. The van der Waals surface area contributed by atoms with Crippen LogP contribution in [-0.2, 0) is 14.8 Å². The van der Waals surface area contributed by atoms with Crippen molar-refractivity contribution < 1.29 is 22.4 Å². The Morgan fingerprint density at radius 3 is 2.55 bits per heavy atom. The van der Waals surface area contributed by atoms with Crippen molar-refractivity contribution in [1.29, 1.82) is 0 Å². The number of aromatic nitrogens is 2. The van der Waals surface area contributed by atoms with E-state index in [1.165, 1.54) is 36.1 Å². The average Bonchev–Trinajstić information content (AvgIpc) is 3.38. The number of rotatable bonds is 5. The monoisotopic (exact) mass is 465 g/mol. The molecule has 2 aromatic carbocycles. The molecule has 4 rings (SSSR count). The molecule has 2 heterocycles. The van der Waals surface area contributed by atoms with E-state index in [0.717, 1.165) is 0 Å². The molecule has 0 aliphatic heterocycles. The summed E-state index contributed by atoms with van der Waals surface area (Å²) in [6, 6.07) is 15.7. The number of furan rings is 1. The molecule has 9 nitrogen and oxygen atoms in total. The summed E-state index contributed by atoms with van der Waals surface area (Å²) in [4.78, 5) is 24.6. The first-order chi connectivity index (χ1) is 15.7. The van der Waals surface area contributed by atoms with Crippen LogP contribution in [0.15, 0.2) is 74.8 Å². The highest BCUT2D eigenvalue weighted by Gasteiger charge is 2.11. The first-order valence-corrected chi connectivity index (χ1v) is 11.2. The van der Waals surface area contributed by atoms with Crippen LogP contribution >= 0.6 is 0 Å². The maximum atomic E-state index is 12.9. The third-order valence-electron chi connectivity index (χ3n) is 4.91. The Kier molecular flexibility index (Phi) is 5.62. The predicted octanol–water partition coefficient (Wildman–Crippen LogP) is 1.10. The van der Waals surface area contributed by atoms with E-state index < -0.39 is 21.6 Å². The molecular formula is C23H19N3O6S. The number of aromatic amines is 1. The van der Waals surface area contributed by atoms with E-state index in [2.05, 4.69) is 11.7 Å². The van der Waals surface area contributed by atoms with Crippen LogP contribution < -0.4 is 21.3 Å². The second-order valence-corrected chi connectivity index (χ2v) is 8.66. The van der Waals surface area contributed by atoms with Crippen molar-refractivity contribution in [1.82, 2.24) is 9.78 Å². The highest BCUT2D eigenvalue weighted by atomic mass is 32.2. The smallest absolute Gasteiger partial charge is 0.337 e. The van der Waals surface area contributed by atoms with Gasteiger partial charge in [0.05, 0.1) is 33.8 Å². The predicted molar refractivity (Wildman–Crippen MR) is 122 cm³/mol. The van der Waals surface area contributed by atoms with E-state index >= 15 is 0 Å². The average molecular weight is 465 g/mol. The van der Waals surface area contributed by atoms with Crippen molar-refractivity contribution in [2.24, 2.45) is 5.14 Å². The van der Waals surface area contributed by atoms with Crippen LogP contribution in [0.2, 0.25) is 0 Å². The lowest BCUT2D eigenvalue weighted by Gasteiger charge is -2.02. The van der Waals surface area contributed by atoms with Gasteiger partial charge in [-0.2, -0.15) is 0 Å². The number of carbonyl (C=O) groups excluding carboxylic acids is 1. The Labute approximate surface area is 188 Å². The SMILES string of the molecule is C=c1[nH]n(-c2ccc(S(N)(=O)=O)cc2)c(=O)/c1=C\c1ccc(-c2cccc(C(=O)OC)c2)o1. The first kappa shape index (κ1) is 22.1. The first-order valence-electron chi connectivity index (χ1n) is 9.61. The highest BCUT2D eigenvalue weighted by Crippen LogP contribution is 2.23. The van der Waals surface area contributed by atoms with Crippen molar-refractivity contribution in [2.45, 2.75) is 4.90 Å². The number of methoxy groups -OCH3 is 1. The summed E-state index contributed by atoms with van der Waals surface area (Å²) in [5.74, 6) is 0.458. The number of hydrogen-bond acceptors (Lipinski definition) is 6. The minimum atomic E-state index is -3.84. The summed E-state index contributed by atoms with van der Waals surface area (Å²) in [5.41, 5.74) is 1.08. The standard InChI is InChI=1S/C23H19N3O6S/c1-14-20(22(27)26(25-14)17-6-9-19(10-7-17)33(24,29)30)13-18-8-11-21(32-18)15-4-3-5-16(12-15)23(28)31-2/h3-13,25H,1H2,2H3,(H2,24,29,30)/b20-13-. The van der Waals surface area contributed by atoms with Crippen LogP contribution in [0.5, 0.6) is 0 Å². The van der Waals surface area contributed by atoms with Crippen molar-refractivity contribution >= 4 is 28.6 Å². The lowest BCUT2D eigenvalue weighted by Crippen LogP contribution is -2.33. The molecule has 10 heteroatoms. The molecule has 33 heavy (non-hydrogen) atoms. The highest BCUT2D eigenvalue weighted by molar-refractivity contribution is 7.89. The number of H-pyrrole nitrogens is 1. The van der Waals surface area contributed by atoms with Gasteiger partial charge in [-0.1, -0.05) is 18.7 Å². The largest absolute Gasteiger partial charge is 0.465 e. The van der Waals surface area contributed by atoms with Crippen LogP contribution in [0.3, 0.4) is 0 Å². The van der Waals surface area contributed by atoms with E-state index in [4.69, 9.17) is 14.3 Å². The minimum Gasteiger partial charge on any atom is -0.465 e. The molecule has 0 spiro atoms. The van der Waals surface area contributed by atoms with Gasteiger partial charge in [0.15, 0.2) is 0 Å². The zero-order chi connectivity index (χ0) is 23.8. The molecule has 0 fully saturated rings. The van der Waals surface area contributed by atoms with Gasteiger partial charge in [0.2, 0.25) is 10.0 Å². The number of benzene rings is 2. The van der Waals surface area contributed by atoms with Crippen LogP contribution in [0.25, 0.3) is 29.7 Å². The summed E-state index contributed by atoms with van der Waals surface area (Å²) in [5, 5.41) is 8.59. The molecule has 0 saturated heterocycles. The molecule has 0 unspecified atom stereocenters. The number of ether oxygens (including phenoxy) is 1. The van der Waals surface area contributed by atoms with Crippen molar-refractivity contribution in [2.75, 3.05) is 7.11 Å². The van der Waals surface area contributed by atoms with Gasteiger partial charge in [-0.05, 0) is 54.6 Å². The van der Waals surface area contributed by atoms with Crippen molar-refractivity contribution in [3.63, 3.8) is 0 Å². The number of carbonyl (C=O) groups is 1. The van der Waals surface area contributed by atoms with Gasteiger partial charge in [0, 0.05) is 5.56 Å². The quantitative estimate of drug-likeness (QED) is 0.424. The molecular weight excluding hydrogens is 446 g/mol. The van der Waals surface area contributed by atoms with Crippen LogP contribution in [-0.4, -0.2) is 31.3 Å². The number of esters is 1. The zero-order valence-electron chi connectivity index (χ0n) is 17.4. The number of hydrogen-bond donors (Lipinski definition) is 2. The second kappa shape index (κ2) is 8.41. The number of nitrogens with zero attached hydrogens (tertiary/aromatic N) is 1. The normalized spacial score (nSPS) is 12.1. The van der Waals surface area contributed by atoms with E-state index in [-0.39, 0.29) is 10.1 Å². The Hall–Kier alpha value is -4.15. The number of primary sulfonamides is 1. The van der Waals surface area contributed by atoms with E-state index in [0.29, 0.717) is 33.7 Å². The Morgan fingerprint density at radius 2 is 1.88 bits per heavy atom. The molecule has 4 aromatic rings. The lowest BCUT2D eigenvalue weighted by molar-refractivity contribution is 0.0600. The fourth-order valence-electron chi connectivity index (χ4n) is 3.26. The Morgan fingerprint density at radius 1 is 1.15 bits per heavy atom. The molecule has 0 atom stereocenters. The van der Waals surface area contributed by atoms with Crippen molar-refractivity contribution in [3.8, 4) is 17.0 Å². The maximum Gasteiger partial charge on any atom is 0.337 e. The second-order valence-electron chi connectivity index (χ2n) is 7.10. The van der Waals surface area contributed by atoms with Gasteiger partial charge in [-0.15, -0.1) is 0 Å². The fraction of sp³-hybridized carbons (Fsp3) is 0.0435. The van der Waals surface area contributed by atoms with Gasteiger partial charge < -0.3 is 9.15 Å². The molecule has 0 saturated carbocycles. The topological polar surface area (TPSA) is 137 Å². The van der Waals surface area contributed by atoms with Crippen LogP contribution in [0.4, 0.5) is 0 Å². The third-order valence-corrected chi connectivity index (χ3v) is 5.84. The molecule has 0 aliphatic carbocycles. The summed E-state index contributed by atoms with van der Waals surface area (Å²) in [6.07, 6.45) is 1.55. The number of nitrogens with two attached hydrogens (primary N) is 1. The van der Waals surface area contributed by atoms with Crippen LogP contribution in [0.1, 0.15) is 16.1 Å². The van der Waals surface area contributed by atoms with Crippen molar-refractivity contribution in [3.05, 3.63) is 92.9 Å². The molecule has 3 N–H and O–H groups in total. The number of sulfonamides is 1. The van der Waals surface area contributed by atoms with Gasteiger partial charge >= 0.3 is 5.97 Å². The zero-order valence-corrected chi connectivity index (χ0v) is 18.3. The molecule has 0 bridgehead atoms. The summed E-state index contributed by atoms with van der Waals surface area (Å²) in [7, 11) is -2.53. The summed E-state index contributed by atoms with van der Waals surface area (Å²) < 4.78 is 34.7. The lowest BCUT2D eigenvalue weighted by atomic mass is 10.1. The van der Waals surface area contributed by atoms with Gasteiger partial charge in [0.1, 0.15) is 11.5 Å². The van der Waals surface area contributed by atoms with Crippen LogP contribution in [0, 0.1) is 0 Å². The Bertz CT molecular complexity index is 1630. The molecule has 0 amide bonds. The van der Waals surface area contributed by atoms with E-state index in [1.54, 1.807) is 42.5 Å². The molecule has 0 radical (unpaired) electrons. The van der Waals surface area contributed by atoms with E-state index in [1.807, 2.05) is 0 Å². The fourth-order valence-corrected chi connectivity index (χ4v) is 3.77. The van der Waals surface area contributed by atoms with Gasteiger partial charge in [-0.3, -0.25) is 9.89 Å². The Balaban J connectivity index is 1.70. The van der Waals surface area contributed by atoms with Gasteiger partial charge in [-0.25, -0.2) is 23.0 Å². The maximum absolute atomic E-state index is 12.9. The van der Waals surface area contributed by atoms with Gasteiger partial charge in [0.25, 0.3) is 5.56 Å². The molecule has 2 aromatic heterocycles. The third kappa shape index (κ3) is 4.43. The minimum absolute atomic E-state index is 0.0631.